The number of ether oxygens (including phenoxy) is 2. The van der Waals surface area contributed by atoms with Crippen molar-refractivity contribution >= 4 is 27.9 Å². The molecule has 0 aliphatic heterocycles. The SMILES string of the molecule is CCOC(=O)C1(C)CCC(C)(C(=O)OCC)C1(Br)c1ccccc1-c1ccccc1. The van der Waals surface area contributed by atoms with E-state index in [-0.39, 0.29) is 25.2 Å². The van der Waals surface area contributed by atoms with E-state index in [1.54, 1.807) is 13.8 Å². The van der Waals surface area contributed by atoms with Gasteiger partial charge in [0.15, 0.2) is 0 Å². The molecule has 1 aliphatic carbocycles. The highest BCUT2D eigenvalue weighted by atomic mass is 79.9. The fraction of sp³-hybridized carbons (Fsp3) is 0.440. The van der Waals surface area contributed by atoms with Crippen LogP contribution in [0, 0.1) is 10.8 Å². The molecule has 1 aliphatic rings. The Bertz CT molecular complexity index is 894. The predicted molar refractivity (Wildman–Crippen MR) is 121 cm³/mol. The maximum absolute atomic E-state index is 13.3. The normalized spacial score (nSPS) is 28.2. The molecule has 2 atom stereocenters. The molecule has 0 radical (unpaired) electrons. The maximum Gasteiger partial charge on any atom is 0.313 e. The van der Waals surface area contributed by atoms with Gasteiger partial charge < -0.3 is 9.47 Å². The molecule has 2 unspecified atom stereocenters. The highest BCUT2D eigenvalue weighted by Gasteiger charge is 2.71. The van der Waals surface area contributed by atoms with Gasteiger partial charge in [-0.15, -0.1) is 0 Å². The van der Waals surface area contributed by atoms with Gasteiger partial charge in [-0.25, -0.2) is 0 Å². The Morgan fingerprint density at radius 2 is 1.30 bits per heavy atom. The molecular formula is C25H29BrO4. The molecule has 0 bridgehead atoms. The van der Waals surface area contributed by atoms with E-state index in [4.69, 9.17) is 9.47 Å². The first kappa shape index (κ1) is 22.5. The van der Waals surface area contributed by atoms with Crippen LogP contribution in [0.15, 0.2) is 54.6 Å². The van der Waals surface area contributed by atoms with Crippen LogP contribution in [0.3, 0.4) is 0 Å². The average Bonchev–Trinajstić information content (AvgIpc) is 2.98. The van der Waals surface area contributed by atoms with Gasteiger partial charge in [-0.3, -0.25) is 9.59 Å². The molecule has 4 nitrogen and oxygen atoms in total. The molecule has 5 heteroatoms. The van der Waals surface area contributed by atoms with Crippen LogP contribution in [0.1, 0.15) is 46.1 Å². The second kappa shape index (κ2) is 8.54. The molecule has 1 saturated carbocycles. The number of carbonyl (C=O) groups is 2. The Hall–Kier alpha value is -2.14. The quantitative estimate of drug-likeness (QED) is 0.389. The molecule has 0 aromatic heterocycles. The molecule has 1 fully saturated rings. The Morgan fingerprint density at radius 1 is 0.833 bits per heavy atom. The van der Waals surface area contributed by atoms with Crippen LogP contribution in [-0.4, -0.2) is 25.2 Å². The summed E-state index contributed by atoms with van der Waals surface area (Å²) in [6.07, 6.45) is 1.02. The fourth-order valence-electron chi connectivity index (χ4n) is 4.77. The summed E-state index contributed by atoms with van der Waals surface area (Å²) in [7, 11) is 0. The second-order valence-corrected chi connectivity index (χ2v) is 9.36. The van der Waals surface area contributed by atoms with E-state index in [2.05, 4.69) is 15.9 Å². The number of halogens is 1. The van der Waals surface area contributed by atoms with Crippen molar-refractivity contribution in [3.05, 3.63) is 60.2 Å². The van der Waals surface area contributed by atoms with Gasteiger partial charge in [-0.1, -0.05) is 70.5 Å². The Kier molecular flexibility index (Phi) is 6.42. The minimum Gasteiger partial charge on any atom is -0.466 e. The molecule has 0 N–H and O–H groups in total. The van der Waals surface area contributed by atoms with Crippen molar-refractivity contribution in [2.45, 2.75) is 44.9 Å². The molecule has 0 heterocycles. The summed E-state index contributed by atoms with van der Waals surface area (Å²) in [4.78, 5) is 26.5. The minimum absolute atomic E-state index is 0.286. The molecule has 160 valence electrons. The number of hydrogen-bond acceptors (Lipinski definition) is 4. The summed E-state index contributed by atoms with van der Waals surface area (Å²) in [5.74, 6) is -0.615. The zero-order chi connectivity index (χ0) is 22.0. The van der Waals surface area contributed by atoms with Crippen molar-refractivity contribution in [1.82, 2.24) is 0 Å². The highest BCUT2D eigenvalue weighted by molar-refractivity contribution is 9.09. The van der Waals surface area contributed by atoms with Crippen molar-refractivity contribution in [3.8, 4) is 11.1 Å². The Balaban J connectivity index is 2.30. The Labute approximate surface area is 187 Å². The van der Waals surface area contributed by atoms with Gasteiger partial charge in [0.05, 0.1) is 28.4 Å². The third-order valence-electron chi connectivity index (χ3n) is 6.48. The first-order valence-corrected chi connectivity index (χ1v) is 11.2. The van der Waals surface area contributed by atoms with Gasteiger partial charge in [0.25, 0.3) is 0 Å². The molecule has 3 rings (SSSR count). The largest absolute Gasteiger partial charge is 0.466 e. The Morgan fingerprint density at radius 3 is 1.80 bits per heavy atom. The lowest BCUT2D eigenvalue weighted by atomic mass is 9.65. The maximum atomic E-state index is 13.3. The van der Waals surface area contributed by atoms with E-state index in [1.165, 1.54) is 0 Å². The van der Waals surface area contributed by atoms with Gasteiger partial charge in [0.2, 0.25) is 0 Å². The molecule has 0 spiro atoms. The third kappa shape index (κ3) is 3.27. The number of alkyl halides is 1. The number of carbonyl (C=O) groups excluding carboxylic acids is 2. The molecule has 30 heavy (non-hydrogen) atoms. The van der Waals surface area contributed by atoms with Crippen LogP contribution in [0.4, 0.5) is 0 Å². The molecule has 0 saturated heterocycles. The monoisotopic (exact) mass is 472 g/mol. The van der Waals surface area contributed by atoms with Gasteiger partial charge in [0.1, 0.15) is 0 Å². The molecular weight excluding hydrogens is 444 g/mol. The van der Waals surface area contributed by atoms with Crippen LogP contribution in [0.5, 0.6) is 0 Å². The van der Waals surface area contributed by atoms with Crippen molar-refractivity contribution in [2.24, 2.45) is 10.8 Å². The standard InChI is InChI=1S/C25H29BrO4/c1-5-29-21(27)23(3)16-17-24(4,22(28)30-6-2)25(23,26)20-15-11-10-14-19(20)18-12-8-7-9-13-18/h7-15H,5-6,16-17H2,1-4H3. The lowest BCUT2D eigenvalue weighted by Gasteiger charge is -2.46. The van der Waals surface area contributed by atoms with Crippen molar-refractivity contribution in [3.63, 3.8) is 0 Å². The smallest absolute Gasteiger partial charge is 0.313 e. The van der Waals surface area contributed by atoms with Crippen LogP contribution in [0.2, 0.25) is 0 Å². The first-order chi connectivity index (χ1) is 14.3. The summed E-state index contributed by atoms with van der Waals surface area (Å²) in [5, 5.41) is 0. The first-order valence-electron chi connectivity index (χ1n) is 10.4. The van der Waals surface area contributed by atoms with Crippen molar-refractivity contribution in [1.29, 1.82) is 0 Å². The molecule has 0 amide bonds. The van der Waals surface area contributed by atoms with E-state index in [0.717, 1.165) is 16.7 Å². The zero-order valence-corrected chi connectivity index (χ0v) is 19.6. The fourth-order valence-corrected chi connectivity index (χ4v) is 5.83. The second-order valence-electron chi connectivity index (χ2n) is 8.18. The van der Waals surface area contributed by atoms with Gasteiger partial charge in [0, 0.05) is 0 Å². The van der Waals surface area contributed by atoms with E-state index in [0.29, 0.717) is 12.8 Å². The number of rotatable bonds is 6. The lowest BCUT2D eigenvalue weighted by molar-refractivity contribution is -0.161. The van der Waals surface area contributed by atoms with Gasteiger partial charge in [-0.2, -0.15) is 0 Å². The van der Waals surface area contributed by atoms with Crippen LogP contribution in [-0.2, 0) is 23.4 Å². The van der Waals surface area contributed by atoms with Gasteiger partial charge in [-0.05, 0) is 57.2 Å². The summed E-state index contributed by atoms with van der Waals surface area (Å²) < 4.78 is 10.0. The minimum atomic E-state index is -1.00. The van der Waals surface area contributed by atoms with Crippen molar-refractivity contribution in [2.75, 3.05) is 13.2 Å². The van der Waals surface area contributed by atoms with Crippen LogP contribution < -0.4 is 0 Å². The number of hydrogen-bond donors (Lipinski definition) is 0. The average molecular weight is 473 g/mol. The lowest BCUT2D eigenvalue weighted by Crippen LogP contribution is -2.52. The predicted octanol–water partition coefficient (Wildman–Crippen LogP) is 5.88. The highest BCUT2D eigenvalue weighted by Crippen LogP contribution is 2.69. The summed E-state index contributed by atoms with van der Waals surface area (Å²) in [6.45, 7) is 7.96. The van der Waals surface area contributed by atoms with E-state index in [9.17, 15) is 9.59 Å². The summed E-state index contributed by atoms with van der Waals surface area (Å²) >= 11 is 3.99. The molecule has 2 aromatic carbocycles. The van der Waals surface area contributed by atoms with Gasteiger partial charge >= 0.3 is 11.9 Å². The third-order valence-corrected chi connectivity index (χ3v) is 8.66. The topological polar surface area (TPSA) is 52.6 Å². The van der Waals surface area contributed by atoms with Crippen molar-refractivity contribution < 1.29 is 19.1 Å². The van der Waals surface area contributed by atoms with Crippen LogP contribution >= 0.6 is 15.9 Å². The summed E-state index contributed by atoms with van der Waals surface area (Å²) in [6, 6.07) is 18.0. The summed E-state index contributed by atoms with van der Waals surface area (Å²) in [5.41, 5.74) is 0.990. The van der Waals surface area contributed by atoms with Crippen LogP contribution in [0.25, 0.3) is 11.1 Å². The zero-order valence-electron chi connectivity index (χ0n) is 18.0. The number of benzene rings is 2. The molecule has 2 aromatic rings. The van der Waals surface area contributed by atoms with E-state index in [1.807, 2.05) is 68.4 Å². The number of esters is 2. The van der Waals surface area contributed by atoms with E-state index >= 15 is 0 Å². The van der Waals surface area contributed by atoms with E-state index < -0.39 is 15.2 Å².